The molecule has 11 heavy (non-hydrogen) atoms. The zero-order valence-electron chi connectivity index (χ0n) is 8.18. The maximum absolute atomic E-state index is 4.22. The van der Waals surface area contributed by atoms with Crippen LogP contribution in [0.4, 0.5) is 0 Å². The van der Waals surface area contributed by atoms with Crippen LogP contribution in [0.1, 0.15) is 34.1 Å². The average Bonchev–Trinajstić information content (AvgIpc) is 1.85. The van der Waals surface area contributed by atoms with Gasteiger partial charge in [-0.1, -0.05) is 39.5 Å². The van der Waals surface area contributed by atoms with E-state index in [1.807, 2.05) is 0 Å². The Balaban J connectivity index is 0. The van der Waals surface area contributed by atoms with Crippen molar-refractivity contribution in [1.29, 1.82) is 0 Å². The predicted molar refractivity (Wildman–Crippen MR) is 47.4 cm³/mol. The number of rotatable bonds is 3. The summed E-state index contributed by atoms with van der Waals surface area (Å²) in [6, 6.07) is 0. The van der Waals surface area contributed by atoms with Crippen molar-refractivity contribution in [2.24, 2.45) is 17.3 Å². The quantitative estimate of drug-likeness (QED) is 0.699. The van der Waals surface area contributed by atoms with Crippen LogP contribution in [0.15, 0.2) is 0 Å². The molecule has 0 aliphatic rings. The van der Waals surface area contributed by atoms with Gasteiger partial charge in [0.25, 0.3) is 0 Å². The van der Waals surface area contributed by atoms with Gasteiger partial charge in [0, 0.05) is 0 Å². The van der Waals surface area contributed by atoms with Gasteiger partial charge in [-0.3, -0.25) is 0 Å². The fourth-order valence-corrected chi connectivity index (χ4v) is 1.24. The second-order valence-corrected chi connectivity index (χ2v) is 3.79. The first-order valence-electron chi connectivity index (χ1n) is 4.09. The Bertz CT molecular complexity index is 87.0. The molecule has 0 atom stereocenters. The predicted octanol–water partition coefficient (Wildman–Crippen LogP) is 3.34. The molecule has 66 valence electrons. The molecule has 0 heterocycles. The van der Waals surface area contributed by atoms with E-state index in [1.165, 1.54) is 0 Å². The summed E-state index contributed by atoms with van der Waals surface area (Å²) in [4.78, 5) is 0. The van der Waals surface area contributed by atoms with Crippen LogP contribution < -0.4 is 0 Å². The van der Waals surface area contributed by atoms with E-state index in [1.54, 1.807) is 0 Å². The van der Waals surface area contributed by atoms with E-state index in [2.05, 4.69) is 41.5 Å². The molecule has 0 aliphatic carbocycles. The van der Waals surface area contributed by atoms with Crippen LogP contribution in [0.2, 0.25) is 0 Å². The third-order valence-electron chi connectivity index (χ3n) is 2.77. The van der Waals surface area contributed by atoms with Crippen molar-refractivity contribution in [2.45, 2.75) is 34.1 Å². The van der Waals surface area contributed by atoms with Gasteiger partial charge in [0.05, 0.1) is 0 Å². The van der Waals surface area contributed by atoms with E-state index in [9.17, 15) is 0 Å². The average molecular weight is 324 g/mol. The first kappa shape index (κ1) is 14.2. The van der Waals surface area contributed by atoms with Gasteiger partial charge in [0.15, 0.2) is 0 Å². The molecule has 1 heteroatoms. The molecule has 0 aromatic heterocycles. The van der Waals surface area contributed by atoms with Crippen molar-refractivity contribution in [3.05, 3.63) is 13.8 Å². The number of hydrogen-bond acceptors (Lipinski definition) is 0. The molecule has 0 fully saturated rings. The normalized spacial score (nSPS) is 12.0. The summed E-state index contributed by atoms with van der Waals surface area (Å²) in [5.41, 5.74) is 0.181. The minimum Gasteiger partial charge on any atom is -0.345 e. The minimum atomic E-state index is 0. The minimum absolute atomic E-state index is 0. The second-order valence-electron chi connectivity index (χ2n) is 3.79. The summed E-state index contributed by atoms with van der Waals surface area (Å²) in [7, 11) is 0. The fourth-order valence-electron chi connectivity index (χ4n) is 1.24. The molecule has 0 saturated heterocycles. The molecular formula is C10H20W. The Morgan fingerprint density at radius 1 is 1.09 bits per heavy atom. The van der Waals surface area contributed by atoms with Crippen molar-refractivity contribution in [3.8, 4) is 0 Å². The third kappa shape index (κ3) is 3.28. The molecule has 0 aliphatic heterocycles. The largest absolute Gasteiger partial charge is 2.00 e. The molecule has 0 bridgehead atoms. The topological polar surface area (TPSA) is 0 Å². The van der Waals surface area contributed by atoms with Crippen LogP contribution in [0.3, 0.4) is 0 Å². The first-order valence-corrected chi connectivity index (χ1v) is 4.09. The van der Waals surface area contributed by atoms with Crippen molar-refractivity contribution < 1.29 is 21.1 Å². The van der Waals surface area contributed by atoms with E-state index in [-0.39, 0.29) is 26.5 Å². The Hall–Kier alpha value is 0.688. The smallest absolute Gasteiger partial charge is 0.345 e. The van der Waals surface area contributed by atoms with Gasteiger partial charge in [0.2, 0.25) is 0 Å². The molecule has 0 aromatic rings. The van der Waals surface area contributed by atoms with Crippen molar-refractivity contribution in [2.75, 3.05) is 0 Å². The maximum atomic E-state index is 4.22. The SMILES string of the molecule is [CH2-]CC([CH2-])(C(C)C)C(C)C.[W+2]. The van der Waals surface area contributed by atoms with E-state index >= 15 is 0 Å². The van der Waals surface area contributed by atoms with Gasteiger partial charge >= 0.3 is 21.1 Å². The molecule has 0 saturated carbocycles. The summed E-state index contributed by atoms with van der Waals surface area (Å²) < 4.78 is 0. The summed E-state index contributed by atoms with van der Waals surface area (Å²) in [5.74, 6) is 1.26. The fraction of sp³-hybridized carbons (Fsp3) is 0.800. The molecule has 0 aromatic carbocycles. The Kier molecular flexibility index (Phi) is 6.92. The van der Waals surface area contributed by atoms with Gasteiger partial charge in [-0.15, -0.1) is 0 Å². The van der Waals surface area contributed by atoms with Crippen LogP contribution in [0.25, 0.3) is 0 Å². The van der Waals surface area contributed by atoms with Crippen LogP contribution in [0.5, 0.6) is 0 Å². The Morgan fingerprint density at radius 2 is 1.36 bits per heavy atom. The molecule has 0 radical (unpaired) electrons. The standard InChI is InChI=1S/C10H20.W/c1-7-10(6,8(2)3)9(4)5;/h8-9H,1,6-7H2,2-5H3;/q-2;+2. The molecule has 0 N–H and O–H groups in total. The number of hydrogen-bond donors (Lipinski definition) is 0. The van der Waals surface area contributed by atoms with Crippen LogP contribution in [-0.4, -0.2) is 0 Å². The van der Waals surface area contributed by atoms with E-state index in [0.717, 1.165) is 6.42 Å². The molecule has 0 spiro atoms. The van der Waals surface area contributed by atoms with E-state index in [0.29, 0.717) is 11.8 Å². The van der Waals surface area contributed by atoms with Gasteiger partial charge in [-0.25, -0.2) is 6.42 Å². The van der Waals surface area contributed by atoms with Crippen molar-refractivity contribution >= 4 is 0 Å². The molecular weight excluding hydrogens is 304 g/mol. The van der Waals surface area contributed by atoms with Gasteiger partial charge in [0.1, 0.15) is 0 Å². The van der Waals surface area contributed by atoms with E-state index in [4.69, 9.17) is 0 Å². The third-order valence-corrected chi connectivity index (χ3v) is 2.77. The zero-order chi connectivity index (χ0) is 8.36. The summed E-state index contributed by atoms with van der Waals surface area (Å²) in [5, 5.41) is 0. The molecule has 0 nitrogen and oxygen atoms in total. The van der Waals surface area contributed by atoms with Crippen molar-refractivity contribution in [3.63, 3.8) is 0 Å². The molecule has 0 rings (SSSR count). The summed E-state index contributed by atoms with van der Waals surface area (Å²) >= 11 is 0. The molecule has 0 unspecified atom stereocenters. The van der Waals surface area contributed by atoms with Crippen molar-refractivity contribution in [1.82, 2.24) is 0 Å². The zero-order valence-corrected chi connectivity index (χ0v) is 11.1. The monoisotopic (exact) mass is 324 g/mol. The summed E-state index contributed by atoms with van der Waals surface area (Å²) in [6.07, 6.45) is 0.933. The van der Waals surface area contributed by atoms with Crippen LogP contribution in [-0.2, 0) is 21.1 Å². The maximum Gasteiger partial charge on any atom is 2.00 e. The van der Waals surface area contributed by atoms with Crippen LogP contribution >= 0.6 is 0 Å². The van der Waals surface area contributed by atoms with Crippen LogP contribution in [0, 0.1) is 31.1 Å². The van der Waals surface area contributed by atoms with Gasteiger partial charge in [-0.2, -0.15) is 5.41 Å². The van der Waals surface area contributed by atoms with Gasteiger partial charge in [-0.05, 0) is 0 Å². The van der Waals surface area contributed by atoms with E-state index < -0.39 is 0 Å². The second kappa shape index (κ2) is 5.35. The summed E-state index contributed by atoms with van der Waals surface area (Å²) in [6.45, 7) is 17.0. The Morgan fingerprint density at radius 3 is 1.36 bits per heavy atom. The first-order chi connectivity index (χ1) is 4.45. The van der Waals surface area contributed by atoms with Gasteiger partial charge < -0.3 is 13.8 Å². The Labute approximate surface area is 86.4 Å². The molecule has 0 amide bonds.